The van der Waals surface area contributed by atoms with E-state index in [2.05, 4.69) is 20.4 Å². The number of rotatable bonds is 6. The molecule has 0 bridgehead atoms. The molecule has 0 aliphatic carbocycles. The molecule has 25 heavy (non-hydrogen) atoms. The molecule has 11 heteroatoms. The predicted molar refractivity (Wildman–Crippen MR) is 87.4 cm³/mol. The lowest BCUT2D eigenvalue weighted by atomic mass is 10.4. The molecule has 3 heterocycles. The van der Waals surface area contributed by atoms with Gasteiger partial charge in [-0.25, -0.2) is 0 Å². The van der Waals surface area contributed by atoms with E-state index < -0.39 is 4.92 Å². The first-order valence-electron chi connectivity index (χ1n) is 7.54. The molecule has 10 nitrogen and oxygen atoms in total. The second kappa shape index (κ2) is 6.63. The quantitative estimate of drug-likeness (QED) is 0.485. The summed E-state index contributed by atoms with van der Waals surface area (Å²) in [4.78, 5) is 10.2. The molecular weight excluding hydrogens is 350 g/mol. The number of hydrogen-bond acceptors (Lipinski definition) is 7. The van der Waals surface area contributed by atoms with Crippen molar-refractivity contribution in [2.24, 2.45) is 0 Å². The van der Waals surface area contributed by atoms with E-state index in [0.717, 1.165) is 11.4 Å². The molecule has 0 aliphatic heterocycles. The molecule has 0 atom stereocenters. The van der Waals surface area contributed by atoms with E-state index in [0.29, 0.717) is 35.5 Å². The largest absolute Gasteiger partial charge is 0.423 e. The Balaban J connectivity index is 1.66. The van der Waals surface area contributed by atoms with Crippen LogP contribution >= 0.6 is 11.6 Å². The maximum atomic E-state index is 10.8. The van der Waals surface area contributed by atoms with Gasteiger partial charge in [0.05, 0.1) is 33.3 Å². The maximum absolute atomic E-state index is 10.8. The fourth-order valence-electron chi connectivity index (χ4n) is 2.42. The Morgan fingerprint density at radius 3 is 2.52 bits per heavy atom. The van der Waals surface area contributed by atoms with Gasteiger partial charge in [-0.1, -0.05) is 11.6 Å². The fourth-order valence-corrected chi connectivity index (χ4v) is 2.55. The van der Waals surface area contributed by atoms with Crippen LogP contribution in [0.5, 0.6) is 0 Å². The number of nitro groups is 1. The van der Waals surface area contributed by atoms with Crippen LogP contribution in [0.15, 0.2) is 10.5 Å². The minimum Gasteiger partial charge on any atom is -0.423 e. The minimum atomic E-state index is -0.539. The highest BCUT2D eigenvalue weighted by atomic mass is 35.5. The Morgan fingerprint density at radius 1 is 1.20 bits per heavy atom. The van der Waals surface area contributed by atoms with Crippen LogP contribution < -0.4 is 0 Å². The molecule has 0 radical (unpaired) electrons. The molecule has 132 valence electrons. The summed E-state index contributed by atoms with van der Waals surface area (Å²) in [6, 6.07) is 1.39. The van der Waals surface area contributed by atoms with E-state index in [9.17, 15) is 10.1 Å². The summed E-state index contributed by atoms with van der Waals surface area (Å²) in [5.74, 6) is 0.583. The Morgan fingerprint density at radius 2 is 1.92 bits per heavy atom. The molecule has 0 unspecified atom stereocenters. The Bertz CT molecular complexity index is 927. The summed E-state index contributed by atoms with van der Waals surface area (Å²) in [5, 5.41) is 27.6. The third-order valence-electron chi connectivity index (χ3n) is 3.78. The van der Waals surface area contributed by atoms with Gasteiger partial charge in [0.15, 0.2) is 0 Å². The van der Waals surface area contributed by atoms with Crippen molar-refractivity contribution in [3.8, 4) is 0 Å². The van der Waals surface area contributed by atoms with Gasteiger partial charge in [0.1, 0.15) is 6.54 Å². The summed E-state index contributed by atoms with van der Waals surface area (Å²) >= 11 is 6.12. The first-order chi connectivity index (χ1) is 11.8. The standard InChI is InChI=1S/C14H16ClN7O3/c1-8-6-11(22(23)24)19-21(8)7-13-17-16-12(25-13)4-5-20-10(3)14(15)9(2)18-20/h6H,4-5,7H2,1-3H3. The Kier molecular flexibility index (Phi) is 4.53. The average molecular weight is 366 g/mol. The molecule has 0 spiro atoms. The third-order valence-corrected chi connectivity index (χ3v) is 4.33. The van der Waals surface area contributed by atoms with Crippen LogP contribution in [0.4, 0.5) is 5.82 Å². The van der Waals surface area contributed by atoms with Gasteiger partial charge in [-0.15, -0.1) is 10.2 Å². The van der Waals surface area contributed by atoms with Gasteiger partial charge in [-0.3, -0.25) is 4.68 Å². The molecule has 0 saturated heterocycles. The highest BCUT2D eigenvalue weighted by Crippen LogP contribution is 2.19. The van der Waals surface area contributed by atoms with E-state index >= 15 is 0 Å². The first-order valence-corrected chi connectivity index (χ1v) is 7.92. The van der Waals surface area contributed by atoms with Crippen LogP contribution in [0.2, 0.25) is 5.02 Å². The summed E-state index contributed by atoms with van der Waals surface area (Å²) in [6.45, 7) is 6.22. The van der Waals surface area contributed by atoms with Crippen LogP contribution in [0, 0.1) is 30.9 Å². The molecular formula is C14H16ClN7O3. The van der Waals surface area contributed by atoms with Gasteiger partial charge in [-0.2, -0.15) is 9.78 Å². The molecule has 3 aromatic rings. The highest BCUT2D eigenvalue weighted by molar-refractivity contribution is 6.31. The van der Waals surface area contributed by atoms with Crippen molar-refractivity contribution in [3.05, 3.63) is 50.1 Å². The number of halogens is 1. The number of nitrogens with zero attached hydrogens (tertiary/aromatic N) is 7. The summed E-state index contributed by atoms with van der Waals surface area (Å²) < 4.78 is 8.83. The molecule has 3 aromatic heterocycles. The molecule has 0 N–H and O–H groups in total. The topological polar surface area (TPSA) is 118 Å². The van der Waals surface area contributed by atoms with Crippen molar-refractivity contribution in [1.82, 2.24) is 29.8 Å². The Hall–Kier alpha value is -2.75. The van der Waals surface area contributed by atoms with Crippen molar-refractivity contribution in [2.75, 3.05) is 0 Å². The van der Waals surface area contributed by atoms with Crippen LogP contribution in [0.1, 0.15) is 28.9 Å². The number of aromatic nitrogens is 6. The van der Waals surface area contributed by atoms with Gasteiger partial charge in [0, 0.05) is 13.0 Å². The fraction of sp³-hybridized carbons (Fsp3) is 0.429. The lowest BCUT2D eigenvalue weighted by Gasteiger charge is -2.01. The zero-order chi connectivity index (χ0) is 18.1. The number of hydrogen-bond donors (Lipinski definition) is 0. The van der Waals surface area contributed by atoms with Crippen molar-refractivity contribution in [1.29, 1.82) is 0 Å². The average Bonchev–Trinajstić information content (AvgIpc) is 3.22. The SMILES string of the molecule is Cc1nn(CCc2nnc(Cn3nc([N+](=O)[O-])cc3C)o2)c(C)c1Cl. The second-order valence-corrected chi connectivity index (χ2v) is 5.98. The van der Waals surface area contributed by atoms with E-state index in [1.54, 1.807) is 11.6 Å². The maximum Gasteiger partial charge on any atom is 0.390 e. The molecule has 0 saturated carbocycles. The van der Waals surface area contributed by atoms with Crippen molar-refractivity contribution in [3.63, 3.8) is 0 Å². The lowest BCUT2D eigenvalue weighted by Crippen LogP contribution is -2.05. The molecule has 0 amide bonds. The summed E-state index contributed by atoms with van der Waals surface area (Å²) in [7, 11) is 0. The predicted octanol–water partition coefficient (Wildman–Crippen LogP) is 2.24. The monoisotopic (exact) mass is 365 g/mol. The molecule has 3 rings (SSSR count). The number of aryl methyl sites for hydroxylation is 4. The smallest absolute Gasteiger partial charge is 0.390 e. The van der Waals surface area contributed by atoms with Crippen molar-refractivity contribution >= 4 is 17.4 Å². The normalized spacial score (nSPS) is 11.2. The van der Waals surface area contributed by atoms with Gasteiger partial charge >= 0.3 is 5.82 Å². The Labute approximate surface area is 147 Å². The van der Waals surface area contributed by atoms with Crippen LogP contribution in [0.25, 0.3) is 0 Å². The zero-order valence-electron chi connectivity index (χ0n) is 13.9. The van der Waals surface area contributed by atoms with E-state index in [1.807, 2.05) is 13.8 Å². The van der Waals surface area contributed by atoms with Crippen LogP contribution in [0.3, 0.4) is 0 Å². The van der Waals surface area contributed by atoms with E-state index in [4.69, 9.17) is 16.0 Å². The minimum absolute atomic E-state index is 0.179. The molecule has 0 fully saturated rings. The first kappa shape index (κ1) is 17.1. The lowest BCUT2D eigenvalue weighted by molar-refractivity contribution is -0.389. The summed E-state index contributed by atoms with van der Waals surface area (Å²) in [5.41, 5.74) is 2.31. The van der Waals surface area contributed by atoms with Gasteiger partial charge < -0.3 is 14.5 Å². The molecule has 0 aromatic carbocycles. The second-order valence-electron chi connectivity index (χ2n) is 5.61. The third kappa shape index (κ3) is 3.53. The van der Waals surface area contributed by atoms with Crippen molar-refractivity contribution in [2.45, 2.75) is 40.3 Å². The van der Waals surface area contributed by atoms with Gasteiger partial charge in [0.25, 0.3) is 0 Å². The van der Waals surface area contributed by atoms with Crippen LogP contribution in [-0.2, 0) is 19.5 Å². The highest BCUT2D eigenvalue weighted by Gasteiger charge is 2.18. The van der Waals surface area contributed by atoms with Gasteiger partial charge in [-0.05, 0) is 25.7 Å². The van der Waals surface area contributed by atoms with Gasteiger partial charge in [0.2, 0.25) is 11.8 Å². The summed E-state index contributed by atoms with van der Waals surface area (Å²) in [6.07, 6.45) is 0.503. The zero-order valence-corrected chi connectivity index (χ0v) is 14.7. The van der Waals surface area contributed by atoms with Crippen molar-refractivity contribution < 1.29 is 9.34 Å². The van der Waals surface area contributed by atoms with Crippen LogP contribution in [-0.4, -0.2) is 34.7 Å². The molecule has 0 aliphatic rings. The van der Waals surface area contributed by atoms with E-state index in [1.165, 1.54) is 10.7 Å². The van der Waals surface area contributed by atoms with E-state index in [-0.39, 0.29) is 12.4 Å².